The average Bonchev–Trinajstić information content (AvgIpc) is 1.91. The van der Waals surface area contributed by atoms with Crippen LogP contribution in [-0.4, -0.2) is 3.79 Å². The second kappa shape index (κ2) is 3.73. The molecule has 0 saturated heterocycles. The Balaban J connectivity index is 2.71. The lowest BCUT2D eigenvalue weighted by atomic mass is 10.2. The molecule has 1 radical (unpaired) electrons. The highest BCUT2D eigenvalue weighted by Gasteiger charge is 2.19. The summed E-state index contributed by atoms with van der Waals surface area (Å²) in [6.07, 6.45) is 0.317. The number of rotatable bonds is 1. The Morgan fingerprint density at radius 3 is 2.00 bits per heavy atom. The first kappa shape index (κ1) is 9.97. The highest BCUT2D eigenvalue weighted by molar-refractivity contribution is 6.67. The van der Waals surface area contributed by atoms with E-state index in [1.807, 2.05) is 0 Å². The van der Waals surface area contributed by atoms with Crippen LogP contribution in [0.15, 0.2) is 24.3 Å². The fraction of sp³-hybridized carbons (Fsp3) is 0.250. The summed E-state index contributed by atoms with van der Waals surface area (Å²) in [6, 6.07) is 6.21. The molecule has 1 aromatic rings. The van der Waals surface area contributed by atoms with Crippen LogP contribution in [0.25, 0.3) is 0 Å². The van der Waals surface area contributed by atoms with Gasteiger partial charge in [-0.05, 0) is 17.7 Å². The van der Waals surface area contributed by atoms with Gasteiger partial charge in [0.25, 0.3) is 0 Å². The number of alkyl halides is 3. The SMILES string of the molecule is [O]c1ccc(CC(Cl)(Cl)Cl)cc1. The standard InChI is InChI=1S/C8H6Cl3O/c9-8(10,11)5-6-1-3-7(12)4-2-6/h1-4H,5H2. The van der Waals surface area contributed by atoms with Gasteiger partial charge in [0.05, 0.1) is 0 Å². The van der Waals surface area contributed by atoms with Crippen LogP contribution in [0, 0.1) is 0 Å². The van der Waals surface area contributed by atoms with Crippen molar-refractivity contribution < 1.29 is 5.11 Å². The van der Waals surface area contributed by atoms with Crippen molar-refractivity contribution >= 4 is 34.8 Å². The summed E-state index contributed by atoms with van der Waals surface area (Å²) in [5.41, 5.74) is 0.842. The second-order valence-electron chi connectivity index (χ2n) is 2.44. The molecule has 65 valence electrons. The highest BCUT2D eigenvalue weighted by atomic mass is 35.6. The summed E-state index contributed by atoms with van der Waals surface area (Å²) >= 11 is 16.7. The average molecular weight is 224 g/mol. The zero-order valence-corrected chi connectivity index (χ0v) is 8.33. The Hall–Kier alpha value is -0.110. The van der Waals surface area contributed by atoms with Crippen molar-refractivity contribution in [3.8, 4) is 5.75 Å². The van der Waals surface area contributed by atoms with Gasteiger partial charge in [-0.1, -0.05) is 46.9 Å². The maximum atomic E-state index is 10.7. The first-order valence-electron chi connectivity index (χ1n) is 3.30. The molecule has 0 unspecified atom stereocenters. The van der Waals surface area contributed by atoms with E-state index in [2.05, 4.69) is 0 Å². The van der Waals surface area contributed by atoms with Crippen molar-refractivity contribution in [2.75, 3.05) is 0 Å². The smallest absolute Gasteiger partial charge is 0.194 e. The highest BCUT2D eigenvalue weighted by Crippen LogP contribution is 2.30. The lowest BCUT2D eigenvalue weighted by Gasteiger charge is -2.09. The predicted octanol–water partition coefficient (Wildman–Crippen LogP) is 3.74. The molecule has 12 heavy (non-hydrogen) atoms. The molecule has 0 fully saturated rings. The minimum atomic E-state index is -1.29. The Kier molecular flexibility index (Phi) is 3.10. The van der Waals surface area contributed by atoms with Crippen LogP contribution in [0.3, 0.4) is 0 Å². The number of halogens is 3. The molecule has 0 atom stereocenters. The summed E-state index contributed by atoms with van der Waals surface area (Å²) in [6.45, 7) is 0. The van der Waals surface area contributed by atoms with Gasteiger partial charge in [-0.3, -0.25) is 5.11 Å². The van der Waals surface area contributed by atoms with E-state index in [0.717, 1.165) is 5.56 Å². The zero-order chi connectivity index (χ0) is 9.19. The fourth-order valence-electron chi connectivity index (χ4n) is 0.839. The molecule has 0 spiro atoms. The lowest BCUT2D eigenvalue weighted by Crippen LogP contribution is -2.06. The van der Waals surface area contributed by atoms with E-state index in [1.54, 1.807) is 12.1 Å². The van der Waals surface area contributed by atoms with Crippen LogP contribution in [0.5, 0.6) is 5.75 Å². The Morgan fingerprint density at radius 2 is 1.58 bits per heavy atom. The summed E-state index contributed by atoms with van der Waals surface area (Å²) in [4.78, 5) is 0. The van der Waals surface area contributed by atoms with Crippen molar-refractivity contribution in [2.24, 2.45) is 0 Å². The maximum absolute atomic E-state index is 10.7. The first-order valence-corrected chi connectivity index (χ1v) is 4.43. The molecular weight excluding hydrogens is 218 g/mol. The van der Waals surface area contributed by atoms with Gasteiger partial charge in [-0.25, -0.2) is 0 Å². The molecule has 0 amide bonds. The minimum Gasteiger partial charge on any atom is -0.290 e. The fourth-order valence-corrected chi connectivity index (χ4v) is 1.30. The van der Waals surface area contributed by atoms with Gasteiger partial charge in [0.15, 0.2) is 9.54 Å². The molecule has 0 aliphatic rings. The van der Waals surface area contributed by atoms with Crippen LogP contribution in [0.1, 0.15) is 5.56 Å². The number of hydrogen-bond donors (Lipinski definition) is 0. The summed E-state index contributed by atoms with van der Waals surface area (Å²) in [7, 11) is 0. The van der Waals surface area contributed by atoms with Gasteiger partial charge in [-0.15, -0.1) is 0 Å². The topological polar surface area (TPSA) is 19.9 Å². The van der Waals surface area contributed by atoms with Gasteiger partial charge in [-0.2, -0.15) is 0 Å². The normalized spacial score (nSPS) is 11.6. The van der Waals surface area contributed by atoms with Gasteiger partial charge >= 0.3 is 0 Å². The van der Waals surface area contributed by atoms with Gasteiger partial charge in [0.2, 0.25) is 0 Å². The van der Waals surface area contributed by atoms with Crippen molar-refractivity contribution in [3.63, 3.8) is 0 Å². The van der Waals surface area contributed by atoms with Gasteiger partial charge in [0, 0.05) is 6.42 Å². The van der Waals surface area contributed by atoms with E-state index in [-0.39, 0.29) is 5.75 Å². The maximum Gasteiger partial charge on any atom is 0.194 e. The van der Waals surface area contributed by atoms with Crippen LogP contribution in [0.2, 0.25) is 0 Å². The summed E-state index contributed by atoms with van der Waals surface area (Å²) in [5.74, 6) is -0.0388. The zero-order valence-electron chi connectivity index (χ0n) is 6.06. The summed E-state index contributed by atoms with van der Waals surface area (Å²) < 4.78 is -1.29. The second-order valence-corrected chi connectivity index (χ2v) is 4.95. The molecule has 1 aromatic carbocycles. The molecule has 0 aliphatic heterocycles. The van der Waals surface area contributed by atoms with Crippen LogP contribution in [-0.2, 0) is 11.5 Å². The van der Waals surface area contributed by atoms with Crippen LogP contribution in [0.4, 0.5) is 0 Å². The molecule has 1 nitrogen and oxygen atoms in total. The van der Waals surface area contributed by atoms with Crippen molar-refractivity contribution in [1.82, 2.24) is 0 Å². The lowest BCUT2D eigenvalue weighted by molar-refractivity contribution is 0.355. The third kappa shape index (κ3) is 3.53. The number of benzene rings is 1. The van der Waals surface area contributed by atoms with Crippen molar-refractivity contribution in [2.45, 2.75) is 10.2 Å². The van der Waals surface area contributed by atoms with Gasteiger partial charge in [0.1, 0.15) is 0 Å². The first-order chi connectivity index (χ1) is 5.47. The van der Waals surface area contributed by atoms with E-state index in [4.69, 9.17) is 34.8 Å². The molecule has 1 rings (SSSR count). The van der Waals surface area contributed by atoms with Gasteiger partial charge < -0.3 is 0 Å². The Labute approximate surface area is 85.9 Å². The Bertz CT molecular complexity index is 250. The molecule has 0 saturated carbocycles. The van der Waals surface area contributed by atoms with E-state index in [1.165, 1.54) is 12.1 Å². The molecule has 4 heteroatoms. The van der Waals surface area contributed by atoms with Crippen molar-refractivity contribution in [3.05, 3.63) is 29.8 Å². The molecular formula is C8H6Cl3O. The third-order valence-electron chi connectivity index (χ3n) is 1.33. The van der Waals surface area contributed by atoms with Crippen molar-refractivity contribution in [1.29, 1.82) is 0 Å². The largest absolute Gasteiger partial charge is 0.290 e. The Morgan fingerprint density at radius 1 is 1.08 bits per heavy atom. The molecule has 0 N–H and O–H groups in total. The number of hydrogen-bond acceptors (Lipinski definition) is 0. The van der Waals surface area contributed by atoms with E-state index < -0.39 is 3.79 Å². The third-order valence-corrected chi connectivity index (χ3v) is 1.73. The summed E-state index contributed by atoms with van der Waals surface area (Å²) in [5, 5.41) is 10.7. The minimum absolute atomic E-state index is 0.0388. The molecule has 0 aromatic heterocycles. The van der Waals surface area contributed by atoms with E-state index >= 15 is 0 Å². The predicted molar refractivity (Wildman–Crippen MR) is 50.6 cm³/mol. The van der Waals surface area contributed by atoms with E-state index in [0.29, 0.717) is 6.42 Å². The monoisotopic (exact) mass is 223 g/mol. The van der Waals surface area contributed by atoms with Crippen LogP contribution < -0.4 is 0 Å². The van der Waals surface area contributed by atoms with E-state index in [9.17, 15) is 5.11 Å². The quantitative estimate of drug-likeness (QED) is 0.648. The molecule has 0 aliphatic carbocycles. The molecule has 0 heterocycles. The van der Waals surface area contributed by atoms with Crippen LogP contribution >= 0.6 is 34.8 Å². The molecule has 0 bridgehead atoms.